The number of nitrogens with zero attached hydrogens (tertiary/aromatic N) is 2. The van der Waals surface area contributed by atoms with E-state index in [2.05, 4.69) is 15.2 Å². The van der Waals surface area contributed by atoms with Crippen LogP contribution < -0.4 is 5.32 Å². The third kappa shape index (κ3) is 3.66. The minimum Gasteiger partial charge on any atom is -0.379 e. The first-order valence-corrected chi connectivity index (χ1v) is 6.33. The average Bonchev–Trinajstić information content (AvgIpc) is 2.40. The van der Waals surface area contributed by atoms with Gasteiger partial charge in [0.05, 0.1) is 23.8 Å². The normalized spacial score (nSPS) is 16.5. The van der Waals surface area contributed by atoms with Gasteiger partial charge in [-0.1, -0.05) is 11.6 Å². The molecule has 0 unspecified atom stereocenters. The number of pyridine rings is 1. The minimum atomic E-state index is -0.157. The smallest absolute Gasteiger partial charge is 0.252 e. The highest BCUT2D eigenvalue weighted by atomic mass is 35.5. The Morgan fingerprint density at radius 1 is 1.50 bits per heavy atom. The lowest BCUT2D eigenvalue weighted by Gasteiger charge is -2.26. The summed E-state index contributed by atoms with van der Waals surface area (Å²) in [6.45, 7) is 4.82. The molecule has 0 spiro atoms. The van der Waals surface area contributed by atoms with Crippen molar-refractivity contribution in [2.24, 2.45) is 0 Å². The monoisotopic (exact) mass is 269 g/mol. The second-order valence-corrected chi connectivity index (χ2v) is 4.47. The van der Waals surface area contributed by atoms with Crippen molar-refractivity contribution in [3.8, 4) is 0 Å². The van der Waals surface area contributed by atoms with E-state index in [1.807, 2.05) is 0 Å². The van der Waals surface area contributed by atoms with Crippen molar-refractivity contribution >= 4 is 17.5 Å². The molecule has 1 N–H and O–H groups in total. The molecule has 1 saturated heterocycles. The van der Waals surface area contributed by atoms with E-state index in [0.29, 0.717) is 17.1 Å². The zero-order chi connectivity index (χ0) is 12.8. The quantitative estimate of drug-likeness (QED) is 0.878. The molecule has 0 bridgehead atoms. The molecule has 98 valence electrons. The number of nitrogens with one attached hydrogen (secondary N) is 1. The molecule has 2 heterocycles. The van der Waals surface area contributed by atoms with Crippen LogP contribution in [0.4, 0.5) is 0 Å². The molecule has 1 aromatic heterocycles. The molecule has 1 aliphatic rings. The Bertz CT molecular complexity index is 408. The minimum absolute atomic E-state index is 0.157. The third-order valence-corrected chi connectivity index (χ3v) is 3.14. The molecule has 1 aromatic rings. The lowest BCUT2D eigenvalue weighted by Crippen LogP contribution is -2.41. The van der Waals surface area contributed by atoms with E-state index >= 15 is 0 Å². The van der Waals surface area contributed by atoms with E-state index < -0.39 is 0 Å². The zero-order valence-corrected chi connectivity index (χ0v) is 10.8. The van der Waals surface area contributed by atoms with Gasteiger partial charge in [-0.3, -0.25) is 14.7 Å². The maximum atomic E-state index is 11.8. The third-order valence-electron chi connectivity index (χ3n) is 2.83. The first-order chi connectivity index (χ1) is 8.77. The van der Waals surface area contributed by atoms with Crippen molar-refractivity contribution in [1.82, 2.24) is 15.2 Å². The SMILES string of the molecule is O=C(NCCN1CCOCC1)c1ccncc1Cl. The van der Waals surface area contributed by atoms with Gasteiger partial charge in [-0.15, -0.1) is 0 Å². The van der Waals surface area contributed by atoms with Gasteiger partial charge in [0.25, 0.3) is 5.91 Å². The molecule has 0 radical (unpaired) electrons. The van der Waals surface area contributed by atoms with Crippen LogP contribution in [0, 0.1) is 0 Å². The number of carbonyl (C=O) groups is 1. The molecule has 2 rings (SSSR count). The largest absolute Gasteiger partial charge is 0.379 e. The fourth-order valence-electron chi connectivity index (χ4n) is 1.81. The number of ether oxygens (including phenoxy) is 1. The van der Waals surface area contributed by atoms with E-state index in [1.54, 1.807) is 12.3 Å². The maximum absolute atomic E-state index is 11.8. The van der Waals surface area contributed by atoms with Crippen LogP contribution in [0.15, 0.2) is 18.5 Å². The number of hydrogen-bond acceptors (Lipinski definition) is 4. The van der Waals surface area contributed by atoms with Gasteiger partial charge in [0, 0.05) is 38.6 Å². The molecule has 1 fully saturated rings. The van der Waals surface area contributed by atoms with Crippen LogP contribution in [0.3, 0.4) is 0 Å². The van der Waals surface area contributed by atoms with Crippen LogP contribution in [-0.2, 0) is 4.74 Å². The zero-order valence-electron chi connectivity index (χ0n) is 10.1. The number of carbonyl (C=O) groups excluding carboxylic acids is 1. The summed E-state index contributed by atoms with van der Waals surface area (Å²) in [4.78, 5) is 17.9. The molecular formula is C12H16ClN3O2. The average molecular weight is 270 g/mol. The van der Waals surface area contributed by atoms with Crippen molar-refractivity contribution in [3.63, 3.8) is 0 Å². The lowest BCUT2D eigenvalue weighted by atomic mass is 10.2. The van der Waals surface area contributed by atoms with Gasteiger partial charge in [0.1, 0.15) is 0 Å². The molecule has 1 amide bonds. The summed E-state index contributed by atoms with van der Waals surface area (Å²) >= 11 is 5.90. The Balaban J connectivity index is 1.76. The van der Waals surface area contributed by atoms with Crippen LogP contribution in [0.1, 0.15) is 10.4 Å². The van der Waals surface area contributed by atoms with Crippen molar-refractivity contribution < 1.29 is 9.53 Å². The summed E-state index contributed by atoms with van der Waals surface area (Å²) < 4.78 is 5.26. The highest BCUT2D eigenvalue weighted by Gasteiger charge is 2.12. The molecule has 0 atom stereocenters. The Morgan fingerprint density at radius 3 is 3.00 bits per heavy atom. The number of rotatable bonds is 4. The van der Waals surface area contributed by atoms with Crippen LogP contribution in [-0.4, -0.2) is 55.2 Å². The number of morpholine rings is 1. The van der Waals surface area contributed by atoms with Crippen molar-refractivity contribution in [1.29, 1.82) is 0 Å². The first-order valence-electron chi connectivity index (χ1n) is 5.95. The Morgan fingerprint density at radius 2 is 2.28 bits per heavy atom. The second-order valence-electron chi connectivity index (χ2n) is 4.07. The van der Waals surface area contributed by atoms with Crippen LogP contribution in [0.25, 0.3) is 0 Å². The van der Waals surface area contributed by atoms with Crippen LogP contribution in [0.2, 0.25) is 5.02 Å². The molecule has 0 aromatic carbocycles. The highest BCUT2D eigenvalue weighted by Crippen LogP contribution is 2.12. The van der Waals surface area contributed by atoms with Crippen molar-refractivity contribution in [2.45, 2.75) is 0 Å². The maximum Gasteiger partial charge on any atom is 0.252 e. The molecule has 5 nitrogen and oxygen atoms in total. The lowest BCUT2D eigenvalue weighted by molar-refractivity contribution is 0.0383. The van der Waals surface area contributed by atoms with Crippen molar-refractivity contribution in [3.05, 3.63) is 29.0 Å². The molecule has 18 heavy (non-hydrogen) atoms. The summed E-state index contributed by atoms with van der Waals surface area (Å²) in [5.41, 5.74) is 0.466. The Hall–Kier alpha value is -1.17. The van der Waals surface area contributed by atoms with Gasteiger partial charge in [-0.05, 0) is 6.07 Å². The predicted octanol–water partition coefficient (Wildman–Crippen LogP) is 0.797. The summed E-state index contributed by atoms with van der Waals surface area (Å²) in [6, 6.07) is 1.62. The number of halogens is 1. The van der Waals surface area contributed by atoms with Crippen LogP contribution >= 0.6 is 11.6 Å². The van der Waals surface area contributed by atoms with Crippen molar-refractivity contribution in [2.75, 3.05) is 39.4 Å². The van der Waals surface area contributed by atoms with Gasteiger partial charge in [-0.25, -0.2) is 0 Å². The molecule has 0 aliphatic carbocycles. The number of amides is 1. The van der Waals surface area contributed by atoms with Gasteiger partial charge in [-0.2, -0.15) is 0 Å². The number of hydrogen-bond donors (Lipinski definition) is 1. The highest BCUT2D eigenvalue weighted by molar-refractivity contribution is 6.33. The Labute approximate surface area is 111 Å². The molecular weight excluding hydrogens is 254 g/mol. The standard InChI is InChI=1S/C12H16ClN3O2/c13-11-9-14-2-1-10(11)12(17)15-3-4-16-5-7-18-8-6-16/h1-2,9H,3-8H2,(H,15,17). The van der Waals surface area contributed by atoms with E-state index in [-0.39, 0.29) is 5.91 Å². The first kappa shape index (κ1) is 13.3. The van der Waals surface area contributed by atoms with E-state index in [0.717, 1.165) is 32.8 Å². The fourth-order valence-corrected chi connectivity index (χ4v) is 2.01. The van der Waals surface area contributed by atoms with E-state index in [9.17, 15) is 4.79 Å². The second kappa shape index (κ2) is 6.68. The Kier molecular flexibility index (Phi) is 4.92. The van der Waals surface area contributed by atoms with E-state index in [1.165, 1.54) is 6.20 Å². The summed E-state index contributed by atoms with van der Waals surface area (Å²) in [7, 11) is 0. The topological polar surface area (TPSA) is 54.5 Å². The fraction of sp³-hybridized carbons (Fsp3) is 0.500. The number of aromatic nitrogens is 1. The predicted molar refractivity (Wildman–Crippen MR) is 68.8 cm³/mol. The summed E-state index contributed by atoms with van der Waals surface area (Å²) in [5, 5.41) is 3.23. The van der Waals surface area contributed by atoms with Gasteiger partial charge in [0.15, 0.2) is 0 Å². The summed E-state index contributed by atoms with van der Waals surface area (Å²) in [6.07, 6.45) is 3.03. The van der Waals surface area contributed by atoms with Crippen LogP contribution in [0.5, 0.6) is 0 Å². The molecule has 6 heteroatoms. The molecule has 1 aliphatic heterocycles. The van der Waals surface area contributed by atoms with Gasteiger partial charge < -0.3 is 10.1 Å². The van der Waals surface area contributed by atoms with Gasteiger partial charge in [0.2, 0.25) is 0 Å². The molecule has 0 saturated carbocycles. The van der Waals surface area contributed by atoms with Gasteiger partial charge >= 0.3 is 0 Å². The summed E-state index contributed by atoms with van der Waals surface area (Å²) in [5.74, 6) is -0.157. The van der Waals surface area contributed by atoms with E-state index in [4.69, 9.17) is 16.3 Å².